The fraction of sp³-hybridized carbons (Fsp3) is 0. The maximum absolute atomic E-state index is 4.28. The van der Waals surface area contributed by atoms with E-state index in [0.717, 1.165) is 16.9 Å². The van der Waals surface area contributed by atoms with Crippen LogP contribution in [0.3, 0.4) is 0 Å². The van der Waals surface area contributed by atoms with E-state index in [1.807, 2.05) is 35.0 Å². The summed E-state index contributed by atoms with van der Waals surface area (Å²) in [6.45, 7) is 0. The Balaban J connectivity index is 2.28. The lowest BCUT2D eigenvalue weighted by Gasteiger charge is -1.98. The summed E-state index contributed by atoms with van der Waals surface area (Å²) in [5, 5.41) is 4.25. The molecule has 0 fully saturated rings. The molecule has 0 radical (unpaired) electrons. The monoisotopic (exact) mass is 196 g/mol. The highest BCUT2D eigenvalue weighted by Crippen LogP contribution is 2.18. The highest BCUT2D eigenvalue weighted by Gasteiger charge is 2.04. The summed E-state index contributed by atoms with van der Waals surface area (Å²) < 4.78 is 1.81. The molecule has 4 nitrogen and oxygen atoms in total. The lowest BCUT2D eigenvalue weighted by Crippen LogP contribution is -1.92. The Bertz CT molecular complexity index is 586. The number of pyridine rings is 1. The van der Waals surface area contributed by atoms with Crippen molar-refractivity contribution in [1.82, 2.24) is 19.6 Å². The molecule has 3 rings (SSSR count). The van der Waals surface area contributed by atoms with Gasteiger partial charge in [0.2, 0.25) is 0 Å². The second-order valence-electron chi connectivity index (χ2n) is 3.17. The van der Waals surface area contributed by atoms with Gasteiger partial charge in [0, 0.05) is 24.2 Å². The van der Waals surface area contributed by atoms with E-state index in [1.165, 1.54) is 0 Å². The lowest BCUT2D eigenvalue weighted by molar-refractivity contribution is 0.942. The average molecular weight is 196 g/mol. The molecule has 0 amide bonds. The molecule has 72 valence electrons. The maximum Gasteiger partial charge on any atom is 0.154 e. The summed E-state index contributed by atoms with van der Waals surface area (Å²) >= 11 is 0. The zero-order valence-electron chi connectivity index (χ0n) is 7.91. The third kappa shape index (κ3) is 1.27. The third-order valence-electron chi connectivity index (χ3n) is 2.25. The van der Waals surface area contributed by atoms with Crippen LogP contribution >= 0.6 is 0 Å². The van der Waals surface area contributed by atoms with Gasteiger partial charge >= 0.3 is 0 Å². The molecule has 3 aromatic heterocycles. The van der Waals surface area contributed by atoms with Crippen molar-refractivity contribution in [3.63, 3.8) is 0 Å². The van der Waals surface area contributed by atoms with E-state index in [0.29, 0.717) is 0 Å². The van der Waals surface area contributed by atoms with E-state index in [9.17, 15) is 0 Å². The molecule has 0 N–H and O–H groups in total. The summed E-state index contributed by atoms with van der Waals surface area (Å²) in [5.74, 6) is 0. The molecule has 0 atom stereocenters. The largest absolute Gasteiger partial charge is 0.265 e. The molecule has 0 saturated heterocycles. The zero-order chi connectivity index (χ0) is 10.1. The van der Waals surface area contributed by atoms with Gasteiger partial charge in [-0.05, 0) is 24.3 Å². The predicted molar refractivity (Wildman–Crippen MR) is 56.2 cm³/mol. The van der Waals surface area contributed by atoms with Gasteiger partial charge in [0.25, 0.3) is 0 Å². The van der Waals surface area contributed by atoms with Crippen molar-refractivity contribution < 1.29 is 0 Å². The van der Waals surface area contributed by atoms with Crippen LogP contribution in [0.2, 0.25) is 0 Å². The van der Waals surface area contributed by atoms with Crippen LogP contribution in [-0.2, 0) is 0 Å². The minimum absolute atomic E-state index is 0.851. The van der Waals surface area contributed by atoms with Gasteiger partial charge in [-0.25, -0.2) is 9.50 Å². The van der Waals surface area contributed by atoms with E-state index in [-0.39, 0.29) is 0 Å². The first kappa shape index (κ1) is 8.11. The molecular formula is C11H8N4. The fourth-order valence-corrected chi connectivity index (χ4v) is 1.55. The molecule has 0 saturated carbocycles. The van der Waals surface area contributed by atoms with Crippen LogP contribution in [0.25, 0.3) is 16.9 Å². The van der Waals surface area contributed by atoms with Gasteiger partial charge < -0.3 is 0 Å². The third-order valence-corrected chi connectivity index (χ3v) is 2.25. The molecule has 0 aliphatic rings. The average Bonchev–Trinajstić information content (AvgIpc) is 2.74. The number of hydrogen-bond acceptors (Lipinski definition) is 3. The van der Waals surface area contributed by atoms with Crippen LogP contribution in [-0.4, -0.2) is 19.6 Å². The number of hydrogen-bond donors (Lipinski definition) is 0. The van der Waals surface area contributed by atoms with Crippen molar-refractivity contribution in [1.29, 1.82) is 0 Å². The van der Waals surface area contributed by atoms with Crippen LogP contribution in [0.4, 0.5) is 0 Å². The number of fused-ring (bicyclic) bond motifs is 1. The fourth-order valence-electron chi connectivity index (χ4n) is 1.55. The van der Waals surface area contributed by atoms with Gasteiger partial charge in [-0.3, -0.25) is 4.98 Å². The van der Waals surface area contributed by atoms with Crippen molar-refractivity contribution in [3.8, 4) is 11.3 Å². The maximum atomic E-state index is 4.28. The molecule has 0 spiro atoms. The normalized spacial score (nSPS) is 10.7. The SMILES string of the molecule is c1cnn2c(-c3ccncc3)cnc2c1. The first-order chi connectivity index (χ1) is 7.45. The van der Waals surface area contributed by atoms with Gasteiger partial charge in [-0.15, -0.1) is 0 Å². The van der Waals surface area contributed by atoms with Crippen LogP contribution < -0.4 is 0 Å². The highest BCUT2D eigenvalue weighted by atomic mass is 15.2. The van der Waals surface area contributed by atoms with E-state index < -0.39 is 0 Å². The van der Waals surface area contributed by atoms with Crippen molar-refractivity contribution in [2.24, 2.45) is 0 Å². The lowest BCUT2D eigenvalue weighted by atomic mass is 10.2. The molecule has 0 unspecified atom stereocenters. The molecule has 0 aromatic carbocycles. The molecule has 3 heterocycles. The molecule has 3 aromatic rings. The van der Waals surface area contributed by atoms with Gasteiger partial charge in [0.1, 0.15) is 0 Å². The number of nitrogens with zero attached hydrogens (tertiary/aromatic N) is 4. The molecule has 4 heteroatoms. The minimum Gasteiger partial charge on any atom is -0.265 e. The summed E-state index contributed by atoms with van der Waals surface area (Å²) in [6.07, 6.45) is 7.09. The standard InChI is InChI=1S/C11H8N4/c1-2-11-13-8-10(15(11)14-5-1)9-3-6-12-7-4-9/h1-8H. The topological polar surface area (TPSA) is 43.1 Å². The second kappa shape index (κ2) is 3.16. The van der Waals surface area contributed by atoms with Crippen LogP contribution in [0.5, 0.6) is 0 Å². The smallest absolute Gasteiger partial charge is 0.154 e. The van der Waals surface area contributed by atoms with Crippen LogP contribution in [0.1, 0.15) is 0 Å². The Kier molecular flexibility index (Phi) is 1.71. The summed E-state index contributed by atoms with van der Waals surface area (Å²) in [4.78, 5) is 8.26. The Hall–Kier alpha value is -2.23. The van der Waals surface area contributed by atoms with Crippen molar-refractivity contribution in [2.45, 2.75) is 0 Å². The Morgan fingerprint density at radius 2 is 1.87 bits per heavy atom. The second-order valence-corrected chi connectivity index (χ2v) is 3.17. The summed E-state index contributed by atoms with van der Waals surface area (Å²) in [7, 11) is 0. The Morgan fingerprint density at radius 1 is 1.00 bits per heavy atom. The Labute approximate surface area is 86.2 Å². The quantitative estimate of drug-likeness (QED) is 0.596. The number of imidazole rings is 1. The minimum atomic E-state index is 0.851. The van der Waals surface area contributed by atoms with E-state index >= 15 is 0 Å². The van der Waals surface area contributed by atoms with Crippen molar-refractivity contribution in [2.75, 3.05) is 0 Å². The molecule has 15 heavy (non-hydrogen) atoms. The van der Waals surface area contributed by atoms with E-state index in [2.05, 4.69) is 15.1 Å². The first-order valence-electron chi connectivity index (χ1n) is 4.64. The van der Waals surface area contributed by atoms with E-state index in [4.69, 9.17) is 0 Å². The van der Waals surface area contributed by atoms with Crippen molar-refractivity contribution >= 4 is 5.65 Å². The molecular weight excluding hydrogens is 188 g/mol. The van der Waals surface area contributed by atoms with Crippen LogP contribution in [0, 0.1) is 0 Å². The molecule has 0 aliphatic carbocycles. The number of aromatic nitrogens is 4. The van der Waals surface area contributed by atoms with Gasteiger partial charge in [0.05, 0.1) is 11.9 Å². The van der Waals surface area contributed by atoms with E-state index in [1.54, 1.807) is 18.6 Å². The van der Waals surface area contributed by atoms with Gasteiger partial charge in [-0.2, -0.15) is 5.10 Å². The predicted octanol–water partition coefficient (Wildman–Crippen LogP) is 1.79. The summed E-state index contributed by atoms with van der Waals surface area (Å²) in [6, 6.07) is 7.69. The van der Waals surface area contributed by atoms with Crippen LogP contribution in [0.15, 0.2) is 49.1 Å². The Morgan fingerprint density at radius 3 is 2.73 bits per heavy atom. The first-order valence-corrected chi connectivity index (χ1v) is 4.64. The van der Waals surface area contributed by atoms with Gasteiger partial charge in [0.15, 0.2) is 5.65 Å². The zero-order valence-corrected chi connectivity index (χ0v) is 7.91. The summed E-state index contributed by atoms with van der Waals surface area (Å²) in [5.41, 5.74) is 2.90. The molecule has 0 bridgehead atoms. The van der Waals surface area contributed by atoms with Gasteiger partial charge in [-0.1, -0.05) is 0 Å². The van der Waals surface area contributed by atoms with Crippen molar-refractivity contribution in [3.05, 3.63) is 49.1 Å². The molecule has 0 aliphatic heterocycles. The highest BCUT2D eigenvalue weighted by molar-refractivity contribution is 5.61. The number of rotatable bonds is 1.